The molecule has 1 aromatic heterocycles. The highest BCUT2D eigenvalue weighted by Crippen LogP contribution is 2.39. The van der Waals surface area contributed by atoms with Gasteiger partial charge in [0.15, 0.2) is 0 Å². The lowest BCUT2D eigenvalue weighted by molar-refractivity contribution is -0.138. The number of ether oxygens (including phenoxy) is 1. The third kappa shape index (κ3) is 4.03. The zero-order chi connectivity index (χ0) is 17.9. The van der Waals surface area contributed by atoms with Crippen molar-refractivity contribution in [1.82, 2.24) is 14.9 Å². The van der Waals surface area contributed by atoms with E-state index in [9.17, 15) is 4.79 Å². The summed E-state index contributed by atoms with van der Waals surface area (Å²) in [5, 5.41) is 3.11. The van der Waals surface area contributed by atoms with Crippen LogP contribution in [0, 0.1) is 12.3 Å². The van der Waals surface area contributed by atoms with Crippen LogP contribution in [-0.4, -0.2) is 67.7 Å². The predicted octanol–water partition coefficient (Wildman–Crippen LogP) is 1.68. The summed E-state index contributed by atoms with van der Waals surface area (Å²) in [5.41, 5.74) is 1.11. The van der Waals surface area contributed by atoms with Crippen molar-refractivity contribution in [3.8, 4) is 0 Å². The summed E-state index contributed by atoms with van der Waals surface area (Å²) < 4.78 is 5.17. The van der Waals surface area contributed by atoms with E-state index in [-0.39, 0.29) is 11.3 Å². The number of anilines is 2. The van der Waals surface area contributed by atoms with E-state index >= 15 is 0 Å². The molecule has 0 unspecified atom stereocenters. The first-order chi connectivity index (χ1) is 12.0. The number of rotatable bonds is 5. The molecule has 0 saturated carbocycles. The summed E-state index contributed by atoms with van der Waals surface area (Å²) in [7, 11) is 3.56. The SMILES string of the molecule is CNc1cc(C)nc(N2CCC[C@@]3(CCC(=O)N(CCOC)C3)C2)n1. The Morgan fingerprint density at radius 1 is 1.32 bits per heavy atom. The lowest BCUT2D eigenvalue weighted by atomic mass is 9.73. The number of hydrogen-bond donors (Lipinski definition) is 1. The van der Waals surface area contributed by atoms with Crippen molar-refractivity contribution in [3.05, 3.63) is 11.8 Å². The van der Waals surface area contributed by atoms with Gasteiger partial charge in [-0.1, -0.05) is 0 Å². The van der Waals surface area contributed by atoms with E-state index in [2.05, 4.69) is 20.2 Å². The van der Waals surface area contributed by atoms with Crippen LogP contribution in [0.1, 0.15) is 31.4 Å². The molecule has 1 amide bonds. The Morgan fingerprint density at radius 2 is 2.16 bits per heavy atom. The Morgan fingerprint density at radius 3 is 2.92 bits per heavy atom. The van der Waals surface area contributed by atoms with E-state index in [0.717, 1.165) is 56.4 Å². The number of aromatic nitrogens is 2. The maximum atomic E-state index is 12.2. The van der Waals surface area contributed by atoms with Crippen LogP contribution in [0.3, 0.4) is 0 Å². The third-order valence-corrected chi connectivity index (χ3v) is 5.36. The first-order valence-corrected chi connectivity index (χ1v) is 9.10. The first kappa shape index (κ1) is 17.9. The number of hydrogen-bond acceptors (Lipinski definition) is 6. The minimum Gasteiger partial charge on any atom is -0.383 e. The molecule has 25 heavy (non-hydrogen) atoms. The Hall–Kier alpha value is -1.89. The standard InChI is InChI=1S/C18H29N5O2/c1-14-11-15(19-2)21-17(20-14)23-8-4-6-18(13-23)7-5-16(24)22(12-18)9-10-25-3/h11H,4-10,12-13H2,1-3H3,(H,19,20,21)/t18-/m0/s1. The second-order valence-corrected chi connectivity index (χ2v) is 7.28. The molecule has 2 aliphatic heterocycles. The van der Waals surface area contributed by atoms with Gasteiger partial charge in [0.2, 0.25) is 11.9 Å². The lowest BCUT2D eigenvalue weighted by Gasteiger charge is -2.48. The zero-order valence-corrected chi connectivity index (χ0v) is 15.5. The largest absolute Gasteiger partial charge is 0.383 e. The zero-order valence-electron chi connectivity index (χ0n) is 15.5. The van der Waals surface area contributed by atoms with E-state index < -0.39 is 0 Å². The van der Waals surface area contributed by atoms with Crippen molar-refractivity contribution in [2.75, 3.05) is 57.2 Å². The van der Waals surface area contributed by atoms with E-state index in [1.54, 1.807) is 7.11 Å². The number of likely N-dealkylation sites (tertiary alicyclic amines) is 1. The number of nitrogens with one attached hydrogen (secondary N) is 1. The molecule has 0 bridgehead atoms. The Kier molecular flexibility index (Phi) is 5.42. The highest BCUT2D eigenvalue weighted by atomic mass is 16.5. The quantitative estimate of drug-likeness (QED) is 0.874. The second-order valence-electron chi connectivity index (χ2n) is 7.28. The molecule has 3 rings (SSSR count). The topological polar surface area (TPSA) is 70.6 Å². The first-order valence-electron chi connectivity index (χ1n) is 9.10. The molecule has 2 aliphatic rings. The molecule has 0 aliphatic carbocycles. The van der Waals surface area contributed by atoms with E-state index in [0.29, 0.717) is 19.6 Å². The monoisotopic (exact) mass is 347 g/mol. The van der Waals surface area contributed by atoms with Crippen LogP contribution < -0.4 is 10.2 Å². The summed E-state index contributed by atoms with van der Waals surface area (Å²) in [6.45, 7) is 5.98. The molecule has 7 nitrogen and oxygen atoms in total. The average molecular weight is 347 g/mol. The van der Waals surface area contributed by atoms with Crippen LogP contribution in [0.2, 0.25) is 0 Å². The smallest absolute Gasteiger partial charge is 0.227 e. The molecule has 1 aromatic rings. The van der Waals surface area contributed by atoms with Crippen LogP contribution in [0.4, 0.5) is 11.8 Å². The van der Waals surface area contributed by atoms with Crippen molar-refractivity contribution in [2.24, 2.45) is 5.41 Å². The molecular formula is C18H29N5O2. The van der Waals surface area contributed by atoms with Gasteiger partial charge in [-0.2, -0.15) is 4.98 Å². The van der Waals surface area contributed by atoms with E-state index in [1.807, 2.05) is 24.9 Å². The molecular weight excluding hydrogens is 318 g/mol. The fourth-order valence-electron chi connectivity index (χ4n) is 4.04. The van der Waals surface area contributed by atoms with Gasteiger partial charge in [0.05, 0.1) is 6.61 Å². The molecule has 7 heteroatoms. The summed E-state index contributed by atoms with van der Waals surface area (Å²) in [6.07, 6.45) is 3.86. The second kappa shape index (κ2) is 7.56. The number of carbonyl (C=O) groups is 1. The van der Waals surface area contributed by atoms with Crippen molar-refractivity contribution in [2.45, 2.75) is 32.6 Å². The Labute approximate surface area is 149 Å². The van der Waals surface area contributed by atoms with Crippen molar-refractivity contribution in [3.63, 3.8) is 0 Å². The molecule has 138 valence electrons. The van der Waals surface area contributed by atoms with Gasteiger partial charge in [-0.3, -0.25) is 4.79 Å². The number of amides is 1. The van der Waals surface area contributed by atoms with E-state index in [4.69, 9.17) is 4.74 Å². The van der Waals surface area contributed by atoms with Gasteiger partial charge in [0.25, 0.3) is 0 Å². The summed E-state index contributed by atoms with van der Waals surface area (Å²) in [4.78, 5) is 25.8. The minimum atomic E-state index is 0.146. The maximum absolute atomic E-state index is 12.2. The molecule has 2 fully saturated rings. The van der Waals surface area contributed by atoms with Gasteiger partial charge in [-0.25, -0.2) is 4.98 Å². The third-order valence-electron chi connectivity index (χ3n) is 5.36. The summed E-state index contributed by atoms with van der Waals surface area (Å²) in [5.74, 6) is 1.90. The van der Waals surface area contributed by atoms with E-state index in [1.165, 1.54) is 0 Å². The maximum Gasteiger partial charge on any atom is 0.227 e. The van der Waals surface area contributed by atoms with Crippen LogP contribution in [0.25, 0.3) is 0 Å². The summed E-state index contributed by atoms with van der Waals surface area (Å²) >= 11 is 0. The normalized spacial score (nSPS) is 24.0. The fraction of sp³-hybridized carbons (Fsp3) is 0.722. The number of aryl methyl sites for hydroxylation is 1. The molecule has 1 atom stereocenters. The van der Waals surface area contributed by atoms with Crippen LogP contribution in [0.5, 0.6) is 0 Å². The minimum absolute atomic E-state index is 0.146. The predicted molar refractivity (Wildman–Crippen MR) is 97.9 cm³/mol. The number of carbonyl (C=O) groups excluding carboxylic acids is 1. The van der Waals surface area contributed by atoms with Crippen LogP contribution in [-0.2, 0) is 9.53 Å². The van der Waals surface area contributed by atoms with Crippen LogP contribution >= 0.6 is 0 Å². The fourth-order valence-corrected chi connectivity index (χ4v) is 4.04. The van der Waals surface area contributed by atoms with Gasteiger partial charge < -0.3 is 19.9 Å². The highest BCUT2D eigenvalue weighted by molar-refractivity contribution is 5.77. The molecule has 0 aromatic carbocycles. The van der Waals surface area contributed by atoms with Crippen molar-refractivity contribution < 1.29 is 9.53 Å². The van der Waals surface area contributed by atoms with Gasteiger partial charge in [-0.05, 0) is 26.2 Å². The lowest BCUT2D eigenvalue weighted by Crippen LogP contribution is -2.55. The molecule has 2 saturated heterocycles. The van der Waals surface area contributed by atoms with Crippen molar-refractivity contribution in [1.29, 1.82) is 0 Å². The van der Waals surface area contributed by atoms with Gasteiger partial charge in [0, 0.05) is 63.9 Å². The number of nitrogens with zero attached hydrogens (tertiary/aromatic N) is 4. The molecule has 1 spiro atoms. The van der Waals surface area contributed by atoms with Crippen molar-refractivity contribution >= 4 is 17.7 Å². The molecule has 0 radical (unpaired) electrons. The van der Waals surface area contributed by atoms with Gasteiger partial charge in [0.1, 0.15) is 5.82 Å². The molecule has 1 N–H and O–H groups in total. The molecule has 3 heterocycles. The van der Waals surface area contributed by atoms with Crippen LogP contribution in [0.15, 0.2) is 6.07 Å². The number of methoxy groups -OCH3 is 1. The Balaban J connectivity index is 1.76. The average Bonchev–Trinajstić information content (AvgIpc) is 2.62. The Bertz CT molecular complexity index is 623. The van der Waals surface area contributed by atoms with Gasteiger partial charge in [-0.15, -0.1) is 0 Å². The summed E-state index contributed by atoms with van der Waals surface area (Å²) in [6, 6.07) is 1.95. The number of piperidine rings is 2. The van der Waals surface area contributed by atoms with Gasteiger partial charge >= 0.3 is 0 Å². The highest BCUT2D eigenvalue weighted by Gasteiger charge is 2.42.